The second kappa shape index (κ2) is 3.58. The molecule has 2 heteroatoms. The van der Waals surface area contributed by atoms with Gasteiger partial charge in [0.15, 0.2) is 0 Å². The maximum atomic E-state index is 5.29. The number of rotatable bonds is 2. The number of methoxy groups -OCH3 is 1. The van der Waals surface area contributed by atoms with Gasteiger partial charge in [0, 0.05) is 17.8 Å². The first-order valence-corrected chi connectivity index (χ1v) is 4.52. The van der Waals surface area contributed by atoms with Crippen LogP contribution in [0.4, 0.5) is 5.69 Å². The summed E-state index contributed by atoms with van der Waals surface area (Å²) in [6.45, 7) is 0. The Labute approximate surface area is 83.5 Å². The quantitative estimate of drug-likeness (QED) is 0.707. The van der Waals surface area contributed by atoms with Crippen LogP contribution in [0, 0.1) is 0 Å². The summed E-state index contributed by atoms with van der Waals surface area (Å²) in [4.78, 5) is 0. The van der Waals surface area contributed by atoms with Crippen LogP contribution < -0.4 is 10.1 Å². The molecule has 2 aromatic rings. The minimum absolute atomic E-state index is 0.896. The number of fused-ring (bicyclic) bond motifs is 1. The Morgan fingerprint density at radius 3 is 2.36 bits per heavy atom. The Morgan fingerprint density at radius 2 is 1.71 bits per heavy atom. The van der Waals surface area contributed by atoms with Gasteiger partial charge in [-0.15, -0.1) is 0 Å². The first kappa shape index (κ1) is 8.88. The van der Waals surface area contributed by atoms with Gasteiger partial charge in [-0.3, -0.25) is 5.32 Å². The predicted octanol–water partition coefficient (Wildman–Crippen LogP) is 2.71. The molecule has 2 aromatic carbocycles. The van der Waals surface area contributed by atoms with E-state index in [2.05, 4.69) is 11.4 Å². The van der Waals surface area contributed by atoms with Gasteiger partial charge in [0.25, 0.3) is 0 Å². The molecule has 0 saturated carbocycles. The fraction of sp³-hybridized carbons (Fsp3) is 0.167. The van der Waals surface area contributed by atoms with Gasteiger partial charge in [0.1, 0.15) is 5.75 Å². The highest BCUT2D eigenvalue weighted by molar-refractivity contribution is 5.96. The number of ether oxygens (including phenoxy) is 1. The Hall–Kier alpha value is -1.70. The van der Waals surface area contributed by atoms with Crippen LogP contribution in [0.2, 0.25) is 0 Å². The van der Waals surface area contributed by atoms with Crippen LogP contribution >= 0.6 is 0 Å². The number of benzene rings is 2. The van der Waals surface area contributed by atoms with Crippen LogP contribution in [0.25, 0.3) is 10.8 Å². The van der Waals surface area contributed by atoms with Gasteiger partial charge in [-0.1, -0.05) is 24.3 Å². The molecule has 1 radical (unpaired) electrons. The van der Waals surface area contributed by atoms with Crippen molar-refractivity contribution in [3.8, 4) is 5.75 Å². The Bertz CT molecular complexity index is 409. The molecule has 14 heavy (non-hydrogen) atoms. The summed E-state index contributed by atoms with van der Waals surface area (Å²) in [5.74, 6) is 0.896. The molecule has 0 fully saturated rings. The highest BCUT2D eigenvalue weighted by Gasteiger charge is 2.04. The molecule has 0 unspecified atom stereocenters. The number of hydrogen-bond donors (Lipinski definition) is 0. The molecule has 0 heterocycles. The van der Waals surface area contributed by atoms with E-state index in [1.807, 2.05) is 30.3 Å². The van der Waals surface area contributed by atoms with E-state index < -0.39 is 0 Å². The van der Waals surface area contributed by atoms with Crippen molar-refractivity contribution in [2.45, 2.75) is 0 Å². The van der Waals surface area contributed by atoms with E-state index in [1.54, 1.807) is 14.2 Å². The van der Waals surface area contributed by atoms with Gasteiger partial charge >= 0.3 is 0 Å². The van der Waals surface area contributed by atoms with Gasteiger partial charge in [-0.2, -0.15) is 0 Å². The summed E-state index contributed by atoms with van der Waals surface area (Å²) in [6, 6.07) is 12.0. The first-order chi connectivity index (χ1) is 6.86. The second-order valence-electron chi connectivity index (χ2n) is 3.06. The molecule has 2 nitrogen and oxygen atoms in total. The molecular weight excluding hydrogens is 174 g/mol. The van der Waals surface area contributed by atoms with Crippen LogP contribution in [0.15, 0.2) is 36.4 Å². The molecule has 0 atom stereocenters. The van der Waals surface area contributed by atoms with E-state index in [-0.39, 0.29) is 0 Å². The maximum absolute atomic E-state index is 5.29. The van der Waals surface area contributed by atoms with Crippen molar-refractivity contribution < 1.29 is 4.74 Å². The zero-order valence-corrected chi connectivity index (χ0v) is 8.32. The van der Waals surface area contributed by atoms with Crippen molar-refractivity contribution in [3.63, 3.8) is 0 Å². The van der Waals surface area contributed by atoms with E-state index in [9.17, 15) is 0 Å². The minimum atomic E-state index is 0.896. The van der Waals surface area contributed by atoms with Crippen LogP contribution in [0.3, 0.4) is 0 Å². The van der Waals surface area contributed by atoms with Crippen molar-refractivity contribution in [1.29, 1.82) is 0 Å². The summed E-state index contributed by atoms with van der Waals surface area (Å²) in [7, 11) is 3.48. The Balaban J connectivity index is 2.78. The number of hydrogen-bond acceptors (Lipinski definition) is 1. The van der Waals surface area contributed by atoms with E-state index in [0.717, 1.165) is 22.2 Å². The van der Waals surface area contributed by atoms with Gasteiger partial charge in [-0.25, -0.2) is 0 Å². The highest BCUT2D eigenvalue weighted by atomic mass is 16.5. The topological polar surface area (TPSA) is 23.3 Å². The molecule has 0 saturated heterocycles. The highest BCUT2D eigenvalue weighted by Crippen LogP contribution is 2.30. The predicted molar refractivity (Wildman–Crippen MR) is 58.2 cm³/mol. The van der Waals surface area contributed by atoms with Gasteiger partial charge in [0.2, 0.25) is 0 Å². The number of nitrogens with zero attached hydrogens (tertiary/aromatic N) is 1. The minimum Gasteiger partial charge on any atom is -0.496 e. The average Bonchev–Trinajstić information content (AvgIpc) is 2.27. The molecule has 0 aliphatic rings. The van der Waals surface area contributed by atoms with Crippen LogP contribution in [-0.2, 0) is 0 Å². The molecule has 71 valence electrons. The lowest BCUT2D eigenvalue weighted by Crippen LogP contribution is -1.90. The van der Waals surface area contributed by atoms with Crippen molar-refractivity contribution in [1.82, 2.24) is 5.32 Å². The van der Waals surface area contributed by atoms with Crippen molar-refractivity contribution in [2.24, 2.45) is 0 Å². The molecular formula is C12H12NO. The lowest BCUT2D eigenvalue weighted by atomic mass is 10.1. The van der Waals surface area contributed by atoms with Crippen LogP contribution in [0.1, 0.15) is 0 Å². The molecule has 0 spiro atoms. The van der Waals surface area contributed by atoms with Crippen molar-refractivity contribution >= 4 is 16.5 Å². The largest absolute Gasteiger partial charge is 0.496 e. The van der Waals surface area contributed by atoms with Gasteiger partial charge in [-0.05, 0) is 12.1 Å². The smallest absolute Gasteiger partial charge is 0.126 e. The van der Waals surface area contributed by atoms with Crippen molar-refractivity contribution in [3.05, 3.63) is 36.4 Å². The van der Waals surface area contributed by atoms with E-state index >= 15 is 0 Å². The maximum Gasteiger partial charge on any atom is 0.126 e. The van der Waals surface area contributed by atoms with Crippen molar-refractivity contribution in [2.75, 3.05) is 14.2 Å². The second-order valence-corrected chi connectivity index (χ2v) is 3.06. The monoisotopic (exact) mass is 186 g/mol. The van der Waals surface area contributed by atoms with Crippen LogP contribution in [0.5, 0.6) is 5.75 Å². The standard InChI is InChI=1S/C12H12NO/c1-13-11-7-8-12(14-2)10-6-4-3-5-9(10)11/h3-8H,1-2H3. The van der Waals surface area contributed by atoms with Gasteiger partial charge < -0.3 is 4.74 Å². The van der Waals surface area contributed by atoms with E-state index in [4.69, 9.17) is 4.74 Å². The molecule has 2 rings (SSSR count). The molecule has 0 aliphatic heterocycles. The fourth-order valence-electron chi connectivity index (χ4n) is 1.63. The summed E-state index contributed by atoms with van der Waals surface area (Å²) in [5, 5.41) is 6.46. The summed E-state index contributed by atoms with van der Waals surface area (Å²) >= 11 is 0. The normalized spacial score (nSPS) is 10.1. The van der Waals surface area contributed by atoms with E-state index in [0.29, 0.717) is 0 Å². The summed E-state index contributed by atoms with van der Waals surface area (Å²) < 4.78 is 5.29. The van der Waals surface area contributed by atoms with Crippen LogP contribution in [-0.4, -0.2) is 14.2 Å². The molecule has 0 amide bonds. The third-order valence-electron chi connectivity index (χ3n) is 2.32. The lowest BCUT2D eigenvalue weighted by molar-refractivity contribution is 0.420. The fourth-order valence-corrected chi connectivity index (χ4v) is 1.63. The SMILES string of the molecule is C[N]c1ccc(OC)c2ccccc12. The summed E-state index contributed by atoms with van der Waals surface area (Å²) in [5.41, 5.74) is 1.00. The average molecular weight is 186 g/mol. The first-order valence-electron chi connectivity index (χ1n) is 4.52. The van der Waals surface area contributed by atoms with E-state index in [1.165, 1.54) is 0 Å². The molecule has 0 aliphatic carbocycles. The lowest BCUT2D eigenvalue weighted by Gasteiger charge is -2.08. The zero-order valence-electron chi connectivity index (χ0n) is 8.32. The zero-order chi connectivity index (χ0) is 9.97. The molecule has 0 N–H and O–H groups in total. The molecule has 0 aromatic heterocycles. The van der Waals surface area contributed by atoms with Gasteiger partial charge in [0.05, 0.1) is 12.8 Å². The third kappa shape index (κ3) is 1.29. The Morgan fingerprint density at radius 1 is 1.00 bits per heavy atom. The third-order valence-corrected chi connectivity index (χ3v) is 2.32. The summed E-state index contributed by atoms with van der Waals surface area (Å²) in [6.07, 6.45) is 0. The Kier molecular flexibility index (Phi) is 2.27. The molecule has 0 bridgehead atoms.